The van der Waals surface area contributed by atoms with Crippen molar-refractivity contribution in [2.45, 2.75) is 39.4 Å². The van der Waals surface area contributed by atoms with E-state index in [0.29, 0.717) is 6.04 Å². The van der Waals surface area contributed by atoms with E-state index in [1.165, 1.54) is 18.5 Å². The van der Waals surface area contributed by atoms with Gasteiger partial charge in [-0.1, -0.05) is 0 Å². The zero-order valence-corrected chi connectivity index (χ0v) is 10.3. The Labute approximate surface area is 97.6 Å². The molecule has 2 rings (SSSR count). The summed E-state index contributed by atoms with van der Waals surface area (Å²) < 4.78 is 1.99. The van der Waals surface area contributed by atoms with Crippen molar-refractivity contribution >= 4 is 0 Å². The molecule has 0 amide bonds. The molecule has 0 bridgehead atoms. The van der Waals surface area contributed by atoms with Gasteiger partial charge in [0, 0.05) is 37.4 Å². The Morgan fingerprint density at radius 3 is 3.19 bits per heavy atom. The summed E-state index contributed by atoms with van der Waals surface area (Å²) in [6.45, 7) is 9.84. The number of aromatic nitrogens is 2. The number of hydrogen-bond acceptors (Lipinski definition) is 3. The van der Waals surface area contributed by atoms with Crippen LogP contribution in [0.15, 0.2) is 12.4 Å². The van der Waals surface area contributed by atoms with Crippen molar-refractivity contribution in [3.63, 3.8) is 0 Å². The van der Waals surface area contributed by atoms with Gasteiger partial charge in [0.15, 0.2) is 0 Å². The molecule has 1 N–H and O–H groups in total. The maximum absolute atomic E-state index is 4.32. The highest BCUT2D eigenvalue weighted by Gasteiger charge is 2.14. The van der Waals surface area contributed by atoms with E-state index in [4.69, 9.17) is 0 Å². The molecule has 0 saturated carbocycles. The summed E-state index contributed by atoms with van der Waals surface area (Å²) in [5.41, 5.74) is 1.33. The molecule has 1 aromatic heterocycles. The molecule has 1 aliphatic heterocycles. The molecule has 1 aliphatic rings. The molecule has 16 heavy (non-hydrogen) atoms. The second-order valence-electron chi connectivity index (χ2n) is 4.65. The van der Waals surface area contributed by atoms with Gasteiger partial charge in [-0.3, -0.25) is 9.58 Å². The number of rotatable bonds is 3. The van der Waals surface area contributed by atoms with E-state index >= 15 is 0 Å². The van der Waals surface area contributed by atoms with Crippen LogP contribution < -0.4 is 5.32 Å². The van der Waals surface area contributed by atoms with Crippen LogP contribution in [0.4, 0.5) is 0 Å². The number of nitrogens with one attached hydrogen (secondary N) is 1. The van der Waals surface area contributed by atoms with Crippen molar-refractivity contribution in [2.24, 2.45) is 0 Å². The molecule has 1 unspecified atom stereocenters. The van der Waals surface area contributed by atoms with E-state index in [1.807, 2.05) is 10.9 Å². The molecule has 1 saturated heterocycles. The van der Waals surface area contributed by atoms with Crippen LogP contribution in [0.2, 0.25) is 0 Å². The number of aryl methyl sites for hydroxylation is 1. The van der Waals surface area contributed by atoms with Crippen molar-refractivity contribution in [1.82, 2.24) is 20.0 Å². The Morgan fingerprint density at radius 2 is 2.44 bits per heavy atom. The van der Waals surface area contributed by atoms with Crippen molar-refractivity contribution in [3.8, 4) is 0 Å². The quantitative estimate of drug-likeness (QED) is 0.831. The molecule has 1 fully saturated rings. The second kappa shape index (κ2) is 5.46. The predicted octanol–water partition coefficient (Wildman–Crippen LogP) is 1.09. The minimum Gasteiger partial charge on any atom is -0.313 e. The normalized spacial score (nSPS) is 23.2. The maximum atomic E-state index is 4.32. The third-order valence-electron chi connectivity index (χ3n) is 3.09. The summed E-state index contributed by atoms with van der Waals surface area (Å²) >= 11 is 0. The standard InChI is InChI=1S/C12H22N4/c1-3-16-10-12(7-14-16)9-15-6-4-5-13-11(2)8-15/h7,10-11,13H,3-6,8-9H2,1-2H3. The molecule has 0 aliphatic carbocycles. The lowest BCUT2D eigenvalue weighted by Crippen LogP contribution is -2.34. The molecule has 0 aromatic carbocycles. The minimum atomic E-state index is 0.601. The van der Waals surface area contributed by atoms with Gasteiger partial charge in [-0.2, -0.15) is 5.10 Å². The first kappa shape index (κ1) is 11.6. The average molecular weight is 222 g/mol. The topological polar surface area (TPSA) is 33.1 Å². The lowest BCUT2D eigenvalue weighted by molar-refractivity contribution is 0.264. The lowest BCUT2D eigenvalue weighted by Gasteiger charge is -2.21. The monoisotopic (exact) mass is 222 g/mol. The molecule has 0 spiro atoms. The smallest absolute Gasteiger partial charge is 0.0534 e. The molecular formula is C12H22N4. The first-order valence-corrected chi connectivity index (χ1v) is 6.25. The maximum Gasteiger partial charge on any atom is 0.0534 e. The van der Waals surface area contributed by atoms with Gasteiger partial charge in [-0.05, 0) is 33.4 Å². The highest BCUT2D eigenvalue weighted by molar-refractivity contribution is 5.03. The van der Waals surface area contributed by atoms with Gasteiger partial charge in [-0.15, -0.1) is 0 Å². The molecule has 2 heterocycles. The molecule has 4 heteroatoms. The van der Waals surface area contributed by atoms with Gasteiger partial charge in [0.1, 0.15) is 0 Å². The molecular weight excluding hydrogens is 200 g/mol. The molecule has 4 nitrogen and oxygen atoms in total. The average Bonchev–Trinajstić information content (AvgIpc) is 2.62. The number of nitrogens with zero attached hydrogens (tertiary/aromatic N) is 3. The Bertz CT molecular complexity index is 321. The third kappa shape index (κ3) is 3.06. The Kier molecular flexibility index (Phi) is 3.96. The van der Waals surface area contributed by atoms with Crippen molar-refractivity contribution < 1.29 is 0 Å². The van der Waals surface area contributed by atoms with Crippen LogP contribution in [0.25, 0.3) is 0 Å². The summed E-state index contributed by atoms with van der Waals surface area (Å²) in [6, 6.07) is 0.601. The van der Waals surface area contributed by atoms with Crippen LogP contribution in [0.3, 0.4) is 0 Å². The van der Waals surface area contributed by atoms with Crippen molar-refractivity contribution in [2.75, 3.05) is 19.6 Å². The Balaban J connectivity index is 1.92. The lowest BCUT2D eigenvalue weighted by atomic mass is 10.2. The van der Waals surface area contributed by atoms with Crippen LogP contribution in [0.1, 0.15) is 25.8 Å². The summed E-state index contributed by atoms with van der Waals surface area (Å²) in [5.74, 6) is 0. The van der Waals surface area contributed by atoms with Crippen molar-refractivity contribution in [1.29, 1.82) is 0 Å². The first-order chi connectivity index (χ1) is 7.78. The Hall–Kier alpha value is -0.870. The van der Waals surface area contributed by atoms with Gasteiger partial charge in [0.05, 0.1) is 6.20 Å². The van der Waals surface area contributed by atoms with Crippen LogP contribution in [0.5, 0.6) is 0 Å². The third-order valence-corrected chi connectivity index (χ3v) is 3.09. The first-order valence-electron chi connectivity index (χ1n) is 6.25. The zero-order valence-electron chi connectivity index (χ0n) is 10.3. The summed E-state index contributed by atoms with van der Waals surface area (Å²) in [6.07, 6.45) is 5.39. The highest BCUT2D eigenvalue weighted by Crippen LogP contribution is 2.07. The molecule has 1 atom stereocenters. The summed E-state index contributed by atoms with van der Waals surface area (Å²) in [4.78, 5) is 2.52. The van der Waals surface area contributed by atoms with E-state index in [2.05, 4.69) is 35.4 Å². The highest BCUT2D eigenvalue weighted by atomic mass is 15.3. The van der Waals surface area contributed by atoms with Gasteiger partial charge < -0.3 is 5.32 Å². The fourth-order valence-electron chi connectivity index (χ4n) is 2.26. The Morgan fingerprint density at radius 1 is 1.56 bits per heavy atom. The van der Waals surface area contributed by atoms with Gasteiger partial charge in [-0.25, -0.2) is 0 Å². The van der Waals surface area contributed by atoms with Gasteiger partial charge in [0.25, 0.3) is 0 Å². The van der Waals surface area contributed by atoms with E-state index in [-0.39, 0.29) is 0 Å². The SMILES string of the molecule is CCn1cc(CN2CCCNC(C)C2)cn1. The van der Waals surface area contributed by atoms with Crippen molar-refractivity contribution in [3.05, 3.63) is 18.0 Å². The largest absolute Gasteiger partial charge is 0.313 e. The summed E-state index contributed by atoms with van der Waals surface area (Å²) in [7, 11) is 0. The zero-order chi connectivity index (χ0) is 11.4. The second-order valence-corrected chi connectivity index (χ2v) is 4.65. The van der Waals surface area contributed by atoms with E-state index in [9.17, 15) is 0 Å². The van der Waals surface area contributed by atoms with Crippen LogP contribution in [0, 0.1) is 0 Å². The molecule has 90 valence electrons. The molecule has 0 radical (unpaired) electrons. The number of hydrogen-bond donors (Lipinski definition) is 1. The fourth-order valence-corrected chi connectivity index (χ4v) is 2.26. The summed E-state index contributed by atoms with van der Waals surface area (Å²) in [5, 5.41) is 7.83. The van der Waals surface area contributed by atoms with E-state index < -0.39 is 0 Å². The van der Waals surface area contributed by atoms with E-state index in [0.717, 1.165) is 26.2 Å². The van der Waals surface area contributed by atoms with Gasteiger partial charge in [0.2, 0.25) is 0 Å². The van der Waals surface area contributed by atoms with Gasteiger partial charge >= 0.3 is 0 Å². The van der Waals surface area contributed by atoms with Crippen LogP contribution in [-0.2, 0) is 13.1 Å². The van der Waals surface area contributed by atoms with E-state index in [1.54, 1.807) is 0 Å². The fraction of sp³-hybridized carbons (Fsp3) is 0.750. The predicted molar refractivity (Wildman–Crippen MR) is 65.3 cm³/mol. The molecule has 1 aromatic rings. The minimum absolute atomic E-state index is 0.601. The van der Waals surface area contributed by atoms with Crippen LogP contribution in [-0.4, -0.2) is 40.4 Å². The van der Waals surface area contributed by atoms with Crippen LogP contribution >= 0.6 is 0 Å².